The molecule has 0 saturated carbocycles. The number of rotatable bonds is 7. The average molecular weight is 224 g/mol. The maximum atomic E-state index is 11.0. The van der Waals surface area contributed by atoms with E-state index in [0.717, 1.165) is 0 Å². The van der Waals surface area contributed by atoms with Crippen LogP contribution in [0.25, 0.3) is 0 Å². The normalized spacial score (nSPS) is 14.6. The molecule has 0 bridgehead atoms. The van der Waals surface area contributed by atoms with Gasteiger partial charge in [0.1, 0.15) is 0 Å². The van der Waals surface area contributed by atoms with E-state index in [9.17, 15) is 8.42 Å². The van der Waals surface area contributed by atoms with Crippen molar-refractivity contribution in [2.45, 2.75) is 13.0 Å². The molecule has 0 aliphatic carbocycles. The highest BCUT2D eigenvalue weighted by Gasteiger charge is 2.10. The molecule has 0 unspecified atom stereocenters. The van der Waals surface area contributed by atoms with Crippen LogP contribution in [0.2, 0.25) is 0 Å². The van der Waals surface area contributed by atoms with Gasteiger partial charge >= 0.3 is 0 Å². The summed E-state index contributed by atoms with van der Waals surface area (Å²) < 4.78 is 28.3. The topological polar surface area (TPSA) is 58.6 Å². The Hall–Kier alpha value is -0.170. The molecule has 0 aromatic heterocycles. The third-order valence-electron chi connectivity index (χ3n) is 1.90. The summed E-state index contributed by atoms with van der Waals surface area (Å²) in [7, 11) is 0.156. The molecule has 0 amide bonds. The molecular formula is C8H20N2O3S. The Labute approximate surface area is 86.5 Å². The van der Waals surface area contributed by atoms with Gasteiger partial charge in [0.05, 0.1) is 12.9 Å². The number of sulfonamides is 1. The van der Waals surface area contributed by atoms with Gasteiger partial charge in [-0.15, -0.1) is 0 Å². The summed E-state index contributed by atoms with van der Waals surface area (Å²) in [5.41, 5.74) is 0. The van der Waals surface area contributed by atoms with Gasteiger partial charge in [-0.3, -0.25) is 0 Å². The fraction of sp³-hybridized carbons (Fsp3) is 1.00. The van der Waals surface area contributed by atoms with E-state index in [0.29, 0.717) is 19.7 Å². The molecule has 5 nitrogen and oxygen atoms in total. The molecule has 0 aromatic carbocycles. The molecule has 0 rings (SSSR count). The van der Waals surface area contributed by atoms with E-state index in [1.807, 2.05) is 6.92 Å². The van der Waals surface area contributed by atoms with E-state index in [2.05, 4.69) is 5.32 Å². The second-order valence-electron chi connectivity index (χ2n) is 3.40. The van der Waals surface area contributed by atoms with Crippen molar-refractivity contribution in [2.75, 3.05) is 40.1 Å². The Morgan fingerprint density at radius 3 is 2.50 bits per heavy atom. The largest absolute Gasteiger partial charge is 0.383 e. The summed E-state index contributed by atoms with van der Waals surface area (Å²) in [5.74, 6) is 0. The zero-order chi connectivity index (χ0) is 11.2. The number of ether oxygens (including phenoxy) is 1. The van der Waals surface area contributed by atoms with Gasteiger partial charge in [0, 0.05) is 33.3 Å². The maximum Gasteiger partial charge on any atom is 0.210 e. The van der Waals surface area contributed by atoms with E-state index in [4.69, 9.17) is 4.74 Å². The molecule has 86 valence electrons. The summed E-state index contributed by atoms with van der Waals surface area (Å²) in [6, 6.07) is 0.243. The number of methoxy groups -OCH3 is 1. The lowest BCUT2D eigenvalue weighted by Gasteiger charge is -2.17. The van der Waals surface area contributed by atoms with E-state index in [1.54, 1.807) is 14.2 Å². The summed E-state index contributed by atoms with van der Waals surface area (Å²) in [6.07, 6.45) is 1.20. The first-order valence-corrected chi connectivity index (χ1v) is 6.36. The van der Waals surface area contributed by atoms with Crippen LogP contribution < -0.4 is 5.32 Å². The number of hydrogen-bond donors (Lipinski definition) is 1. The highest BCUT2D eigenvalue weighted by atomic mass is 32.2. The number of nitrogens with zero attached hydrogens (tertiary/aromatic N) is 1. The standard InChI is InChI=1S/C8H20N2O3S/c1-8(7-13-3)9-5-6-10(2)14(4,11)12/h8-9H,5-7H2,1-4H3/t8-/m1/s1. The predicted octanol–water partition coefficient (Wildman–Crippen LogP) is -0.498. The molecule has 0 aliphatic heterocycles. The smallest absolute Gasteiger partial charge is 0.210 e. The lowest BCUT2D eigenvalue weighted by molar-refractivity contribution is 0.172. The van der Waals surface area contributed by atoms with Gasteiger partial charge in [-0.1, -0.05) is 0 Å². The van der Waals surface area contributed by atoms with Crippen LogP contribution in [-0.2, 0) is 14.8 Å². The van der Waals surface area contributed by atoms with Crippen LogP contribution in [0.4, 0.5) is 0 Å². The molecule has 0 radical (unpaired) electrons. The van der Waals surface area contributed by atoms with Crippen LogP contribution in [0.1, 0.15) is 6.92 Å². The van der Waals surface area contributed by atoms with Gasteiger partial charge in [0.2, 0.25) is 10.0 Å². The molecule has 0 saturated heterocycles. The van der Waals surface area contributed by atoms with Gasteiger partial charge in [-0.05, 0) is 6.92 Å². The van der Waals surface area contributed by atoms with Gasteiger partial charge in [0.25, 0.3) is 0 Å². The fourth-order valence-corrected chi connectivity index (χ4v) is 1.37. The Morgan fingerprint density at radius 2 is 2.07 bits per heavy atom. The van der Waals surface area contributed by atoms with Gasteiger partial charge in [0.15, 0.2) is 0 Å². The van der Waals surface area contributed by atoms with Gasteiger partial charge < -0.3 is 10.1 Å². The molecule has 14 heavy (non-hydrogen) atoms. The second kappa shape index (κ2) is 6.34. The van der Waals surface area contributed by atoms with Gasteiger partial charge in [-0.2, -0.15) is 0 Å². The first kappa shape index (κ1) is 13.8. The minimum atomic E-state index is -3.05. The van der Waals surface area contributed by atoms with Crippen molar-refractivity contribution in [3.05, 3.63) is 0 Å². The van der Waals surface area contributed by atoms with Crippen LogP contribution in [0.5, 0.6) is 0 Å². The first-order valence-electron chi connectivity index (χ1n) is 4.51. The zero-order valence-corrected chi connectivity index (χ0v) is 10.1. The van der Waals surface area contributed by atoms with Crippen molar-refractivity contribution in [2.24, 2.45) is 0 Å². The Morgan fingerprint density at radius 1 is 1.50 bits per heavy atom. The average Bonchev–Trinajstić information content (AvgIpc) is 2.02. The van der Waals surface area contributed by atoms with Gasteiger partial charge in [-0.25, -0.2) is 12.7 Å². The zero-order valence-electron chi connectivity index (χ0n) is 9.28. The summed E-state index contributed by atoms with van der Waals surface area (Å²) in [4.78, 5) is 0. The summed E-state index contributed by atoms with van der Waals surface area (Å²) in [6.45, 7) is 3.73. The first-order chi connectivity index (χ1) is 6.38. The third kappa shape index (κ3) is 6.31. The van der Waals surface area contributed by atoms with Crippen molar-refractivity contribution in [3.63, 3.8) is 0 Å². The molecule has 0 heterocycles. The van der Waals surface area contributed by atoms with Crippen LogP contribution in [0, 0.1) is 0 Å². The van der Waals surface area contributed by atoms with Crippen LogP contribution >= 0.6 is 0 Å². The molecule has 0 aliphatic rings. The van der Waals surface area contributed by atoms with Crippen LogP contribution in [0.15, 0.2) is 0 Å². The van der Waals surface area contributed by atoms with Crippen molar-refractivity contribution in [1.82, 2.24) is 9.62 Å². The molecular weight excluding hydrogens is 204 g/mol. The molecule has 1 N–H and O–H groups in total. The van der Waals surface area contributed by atoms with E-state index >= 15 is 0 Å². The van der Waals surface area contributed by atoms with Crippen LogP contribution in [-0.4, -0.2) is 58.9 Å². The SMILES string of the molecule is COC[C@@H](C)NCCN(C)S(C)(=O)=O. The lowest BCUT2D eigenvalue weighted by atomic mass is 10.3. The van der Waals surface area contributed by atoms with Crippen molar-refractivity contribution in [3.8, 4) is 0 Å². The van der Waals surface area contributed by atoms with Crippen molar-refractivity contribution >= 4 is 10.0 Å². The number of hydrogen-bond acceptors (Lipinski definition) is 4. The molecule has 0 spiro atoms. The highest BCUT2D eigenvalue weighted by Crippen LogP contribution is 1.91. The Kier molecular flexibility index (Phi) is 6.26. The fourth-order valence-electron chi connectivity index (χ4n) is 0.943. The quantitative estimate of drug-likeness (QED) is 0.633. The van der Waals surface area contributed by atoms with E-state index in [-0.39, 0.29) is 6.04 Å². The van der Waals surface area contributed by atoms with E-state index in [1.165, 1.54) is 10.6 Å². The molecule has 6 heteroatoms. The number of likely N-dealkylation sites (N-methyl/N-ethyl adjacent to an activating group) is 1. The minimum absolute atomic E-state index is 0.243. The van der Waals surface area contributed by atoms with E-state index < -0.39 is 10.0 Å². The highest BCUT2D eigenvalue weighted by molar-refractivity contribution is 7.88. The maximum absolute atomic E-state index is 11.0. The lowest BCUT2D eigenvalue weighted by Crippen LogP contribution is -2.38. The monoisotopic (exact) mass is 224 g/mol. The van der Waals surface area contributed by atoms with Crippen LogP contribution in [0.3, 0.4) is 0 Å². The second-order valence-corrected chi connectivity index (χ2v) is 5.48. The molecule has 0 fully saturated rings. The summed E-state index contributed by atoms with van der Waals surface area (Å²) in [5, 5.41) is 3.16. The molecule has 0 aromatic rings. The van der Waals surface area contributed by atoms with Crippen molar-refractivity contribution in [1.29, 1.82) is 0 Å². The minimum Gasteiger partial charge on any atom is -0.383 e. The Bertz CT molecular complexity index is 241. The summed E-state index contributed by atoms with van der Waals surface area (Å²) >= 11 is 0. The Balaban J connectivity index is 3.64. The van der Waals surface area contributed by atoms with Crippen molar-refractivity contribution < 1.29 is 13.2 Å². The molecule has 1 atom stereocenters. The predicted molar refractivity (Wildman–Crippen MR) is 56.8 cm³/mol. The third-order valence-corrected chi connectivity index (χ3v) is 3.22. The number of nitrogens with one attached hydrogen (secondary N) is 1.